The predicted molar refractivity (Wildman–Crippen MR) is 84.8 cm³/mol. The second-order valence-electron chi connectivity index (χ2n) is 5.32. The Balaban J connectivity index is 1.92. The monoisotopic (exact) mass is 287 g/mol. The zero-order valence-corrected chi connectivity index (χ0v) is 12.7. The maximum Gasteiger partial charge on any atom is 0.101 e. The smallest absolute Gasteiger partial charge is 0.101 e. The molecular weight excluding hydrogens is 262 g/mol. The van der Waals surface area contributed by atoms with E-state index < -0.39 is 0 Å². The van der Waals surface area contributed by atoms with Crippen molar-refractivity contribution in [3.63, 3.8) is 0 Å². The normalized spacial score (nSPS) is 12.5. The van der Waals surface area contributed by atoms with Crippen molar-refractivity contribution < 1.29 is 0 Å². The summed E-state index contributed by atoms with van der Waals surface area (Å²) in [5, 5.41) is 8.85. The van der Waals surface area contributed by atoms with E-state index in [9.17, 15) is 0 Å². The number of hydrogen-bond acceptors (Lipinski definition) is 4. The zero-order chi connectivity index (χ0) is 14.9. The van der Waals surface area contributed by atoms with Crippen LogP contribution in [0.3, 0.4) is 0 Å². The minimum atomic E-state index is 0.0732. The van der Waals surface area contributed by atoms with Gasteiger partial charge < -0.3 is 0 Å². The summed E-state index contributed by atoms with van der Waals surface area (Å²) in [7, 11) is 0. The van der Waals surface area contributed by atoms with Gasteiger partial charge in [0.05, 0.1) is 17.9 Å². The van der Waals surface area contributed by atoms with Gasteiger partial charge in [0.15, 0.2) is 0 Å². The number of para-hydroxylation sites is 1. The summed E-state index contributed by atoms with van der Waals surface area (Å²) in [4.78, 5) is 1.65. The Morgan fingerprint density at radius 2 is 1.90 bits per heavy atom. The number of unbranched alkanes of at least 4 members (excludes halogenated alkanes) is 4. The van der Waals surface area contributed by atoms with E-state index in [4.69, 9.17) is 5.84 Å². The molecule has 0 fully saturated rings. The molecule has 0 spiro atoms. The van der Waals surface area contributed by atoms with Crippen LogP contribution in [0.2, 0.25) is 0 Å². The van der Waals surface area contributed by atoms with E-state index in [1.807, 2.05) is 30.3 Å². The lowest BCUT2D eigenvalue weighted by Gasteiger charge is -2.12. The molecular formula is C16H25N5. The standard InChI is InChI=1S/C16H25N5/c1-2-3-4-5-9-12-15(19-17)16-13-18-21(20-16)14-10-7-6-8-11-14/h6-8,10-11,13,15,19H,2-5,9,12,17H2,1H3. The number of hydrazine groups is 1. The van der Waals surface area contributed by atoms with Gasteiger partial charge in [-0.05, 0) is 18.6 Å². The average molecular weight is 287 g/mol. The third-order valence-corrected chi connectivity index (χ3v) is 3.65. The molecule has 1 aromatic carbocycles. The van der Waals surface area contributed by atoms with Crippen LogP contribution in [-0.2, 0) is 0 Å². The summed E-state index contributed by atoms with van der Waals surface area (Å²) in [5.41, 5.74) is 4.72. The van der Waals surface area contributed by atoms with Crippen molar-refractivity contribution in [2.45, 2.75) is 51.5 Å². The number of benzene rings is 1. The van der Waals surface area contributed by atoms with Gasteiger partial charge in [0.25, 0.3) is 0 Å². The first-order valence-electron chi connectivity index (χ1n) is 7.79. The molecule has 1 aromatic heterocycles. The summed E-state index contributed by atoms with van der Waals surface area (Å²) in [6, 6.07) is 9.98. The molecule has 2 rings (SSSR count). The highest BCUT2D eigenvalue weighted by atomic mass is 15.5. The number of nitrogens with zero attached hydrogens (tertiary/aromatic N) is 3. The number of nitrogens with one attached hydrogen (secondary N) is 1. The number of aromatic nitrogens is 3. The lowest BCUT2D eigenvalue weighted by molar-refractivity contribution is 0.467. The molecule has 5 nitrogen and oxygen atoms in total. The van der Waals surface area contributed by atoms with E-state index in [-0.39, 0.29) is 6.04 Å². The molecule has 5 heteroatoms. The van der Waals surface area contributed by atoms with Crippen LogP contribution >= 0.6 is 0 Å². The third-order valence-electron chi connectivity index (χ3n) is 3.65. The summed E-state index contributed by atoms with van der Waals surface area (Å²) in [6.07, 6.45) is 9.07. The van der Waals surface area contributed by atoms with Crippen molar-refractivity contribution in [1.29, 1.82) is 0 Å². The fourth-order valence-electron chi connectivity index (χ4n) is 2.39. The minimum absolute atomic E-state index is 0.0732. The SMILES string of the molecule is CCCCCCCC(NN)c1cnn(-c2ccccc2)n1. The molecule has 2 aromatic rings. The molecule has 0 aliphatic heterocycles. The van der Waals surface area contributed by atoms with Crippen LogP contribution < -0.4 is 11.3 Å². The van der Waals surface area contributed by atoms with Gasteiger partial charge in [0, 0.05) is 0 Å². The molecule has 0 radical (unpaired) electrons. The van der Waals surface area contributed by atoms with E-state index in [2.05, 4.69) is 22.5 Å². The Morgan fingerprint density at radius 3 is 2.62 bits per heavy atom. The third kappa shape index (κ3) is 4.65. The second-order valence-corrected chi connectivity index (χ2v) is 5.32. The minimum Gasteiger partial charge on any atom is -0.271 e. The Hall–Kier alpha value is -1.72. The Kier molecular flexibility index (Phi) is 6.37. The lowest BCUT2D eigenvalue weighted by Crippen LogP contribution is -2.28. The van der Waals surface area contributed by atoms with Crippen molar-refractivity contribution in [2.75, 3.05) is 0 Å². The predicted octanol–water partition coefficient (Wildman–Crippen LogP) is 3.13. The average Bonchev–Trinajstić information content (AvgIpc) is 3.01. The molecule has 0 amide bonds. The highest BCUT2D eigenvalue weighted by Gasteiger charge is 2.13. The van der Waals surface area contributed by atoms with E-state index >= 15 is 0 Å². The number of hydrogen-bond donors (Lipinski definition) is 2. The Bertz CT molecular complexity index is 508. The van der Waals surface area contributed by atoms with Crippen molar-refractivity contribution in [3.05, 3.63) is 42.2 Å². The first-order valence-corrected chi connectivity index (χ1v) is 7.79. The molecule has 0 bridgehead atoms. The van der Waals surface area contributed by atoms with Gasteiger partial charge in [0.2, 0.25) is 0 Å². The topological polar surface area (TPSA) is 68.8 Å². The van der Waals surface area contributed by atoms with Gasteiger partial charge in [-0.1, -0.05) is 57.2 Å². The van der Waals surface area contributed by atoms with Crippen molar-refractivity contribution in [2.24, 2.45) is 5.84 Å². The Morgan fingerprint density at radius 1 is 1.14 bits per heavy atom. The molecule has 1 atom stereocenters. The quantitative estimate of drug-likeness (QED) is 0.422. The molecule has 114 valence electrons. The first kappa shape index (κ1) is 15.7. The van der Waals surface area contributed by atoms with Crippen LogP contribution in [0.1, 0.15) is 57.2 Å². The molecule has 3 N–H and O–H groups in total. The molecule has 0 aliphatic rings. The largest absolute Gasteiger partial charge is 0.271 e. The summed E-state index contributed by atoms with van der Waals surface area (Å²) in [6.45, 7) is 2.23. The number of nitrogens with two attached hydrogens (primary N) is 1. The maximum atomic E-state index is 5.67. The highest BCUT2D eigenvalue weighted by Crippen LogP contribution is 2.18. The molecule has 1 unspecified atom stereocenters. The van der Waals surface area contributed by atoms with Crippen LogP contribution in [0.15, 0.2) is 36.5 Å². The second kappa shape index (κ2) is 8.54. The van der Waals surface area contributed by atoms with Crippen LogP contribution in [0, 0.1) is 0 Å². The fourth-order valence-corrected chi connectivity index (χ4v) is 2.39. The van der Waals surface area contributed by atoms with E-state index in [1.165, 1.54) is 25.7 Å². The van der Waals surface area contributed by atoms with Crippen molar-refractivity contribution in [3.8, 4) is 5.69 Å². The first-order chi connectivity index (χ1) is 10.3. The van der Waals surface area contributed by atoms with Gasteiger partial charge in [-0.2, -0.15) is 15.0 Å². The van der Waals surface area contributed by atoms with Crippen LogP contribution in [0.4, 0.5) is 0 Å². The fraction of sp³-hybridized carbons (Fsp3) is 0.500. The van der Waals surface area contributed by atoms with Gasteiger partial charge >= 0.3 is 0 Å². The summed E-state index contributed by atoms with van der Waals surface area (Å²) >= 11 is 0. The van der Waals surface area contributed by atoms with E-state index in [0.29, 0.717) is 0 Å². The Labute approximate surface area is 126 Å². The van der Waals surface area contributed by atoms with Gasteiger partial charge in [-0.15, -0.1) is 0 Å². The van der Waals surface area contributed by atoms with Gasteiger partial charge in [-0.3, -0.25) is 11.3 Å². The van der Waals surface area contributed by atoms with Gasteiger partial charge in [0.1, 0.15) is 5.69 Å². The summed E-state index contributed by atoms with van der Waals surface area (Å²) < 4.78 is 0. The molecule has 0 saturated heterocycles. The van der Waals surface area contributed by atoms with E-state index in [1.54, 1.807) is 11.0 Å². The van der Waals surface area contributed by atoms with Crippen LogP contribution in [-0.4, -0.2) is 15.0 Å². The highest BCUT2D eigenvalue weighted by molar-refractivity contribution is 5.28. The number of rotatable bonds is 9. The lowest BCUT2D eigenvalue weighted by atomic mass is 10.1. The van der Waals surface area contributed by atoms with Crippen molar-refractivity contribution >= 4 is 0 Å². The maximum absolute atomic E-state index is 5.67. The molecule has 0 aliphatic carbocycles. The molecule has 21 heavy (non-hydrogen) atoms. The van der Waals surface area contributed by atoms with Crippen LogP contribution in [0.25, 0.3) is 5.69 Å². The van der Waals surface area contributed by atoms with Crippen molar-refractivity contribution in [1.82, 2.24) is 20.4 Å². The van der Waals surface area contributed by atoms with Gasteiger partial charge in [-0.25, -0.2) is 0 Å². The summed E-state index contributed by atoms with van der Waals surface area (Å²) in [5.74, 6) is 5.67. The van der Waals surface area contributed by atoms with E-state index in [0.717, 1.165) is 24.2 Å². The molecule has 1 heterocycles. The van der Waals surface area contributed by atoms with Crippen LogP contribution in [0.5, 0.6) is 0 Å². The zero-order valence-electron chi connectivity index (χ0n) is 12.7. The molecule has 0 saturated carbocycles.